The van der Waals surface area contributed by atoms with Gasteiger partial charge in [0.25, 0.3) is 0 Å². The Labute approximate surface area is 180 Å². The van der Waals surface area contributed by atoms with Crippen LogP contribution in [0.3, 0.4) is 0 Å². The van der Waals surface area contributed by atoms with Crippen molar-refractivity contribution >= 4 is 29.9 Å². The van der Waals surface area contributed by atoms with Crippen LogP contribution in [0.1, 0.15) is 50.2 Å². The third-order valence-electron chi connectivity index (χ3n) is 4.93. The monoisotopic (exact) mass is 487 g/mol. The summed E-state index contributed by atoms with van der Waals surface area (Å²) >= 11 is 0. The third-order valence-corrected chi connectivity index (χ3v) is 4.93. The van der Waals surface area contributed by atoms with Crippen LogP contribution in [0, 0.1) is 12.8 Å². The van der Waals surface area contributed by atoms with E-state index >= 15 is 0 Å². The van der Waals surface area contributed by atoms with Crippen LogP contribution in [0.2, 0.25) is 0 Å². The largest absolute Gasteiger partial charge is 0.488 e. The molecule has 5 nitrogen and oxygen atoms in total. The zero-order valence-corrected chi connectivity index (χ0v) is 19.0. The minimum Gasteiger partial charge on any atom is -0.488 e. The van der Waals surface area contributed by atoms with E-state index in [9.17, 15) is 0 Å². The van der Waals surface area contributed by atoms with Gasteiger partial charge >= 0.3 is 0 Å². The van der Waals surface area contributed by atoms with Crippen LogP contribution in [0.4, 0.5) is 0 Å². The number of aliphatic imine (C=N–C) groups is 1. The van der Waals surface area contributed by atoms with Gasteiger partial charge < -0.3 is 20.1 Å². The van der Waals surface area contributed by atoms with E-state index in [1.165, 1.54) is 31.2 Å². The average Bonchev–Trinajstić information content (AvgIpc) is 3.32. The second-order valence-electron chi connectivity index (χ2n) is 7.42. The van der Waals surface area contributed by atoms with E-state index in [0.717, 1.165) is 49.3 Å². The maximum atomic E-state index is 6.18. The molecule has 1 aliphatic carbocycles. The van der Waals surface area contributed by atoms with Crippen molar-refractivity contribution in [3.05, 3.63) is 29.3 Å². The molecule has 1 unspecified atom stereocenters. The normalized spacial score (nSPS) is 19.5. The van der Waals surface area contributed by atoms with Crippen molar-refractivity contribution in [1.82, 2.24) is 10.6 Å². The summed E-state index contributed by atoms with van der Waals surface area (Å²) < 4.78 is 11.6. The minimum absolute atomic E-state index is 0. The van der Waals surface area contributed by atoms with Crippen molar-refractivity contribution < 1.29 is 9.47 Å². The predicted molar refractivity (Wildman–Crippen MR) is 121 cm³/mol. The fourth-order valence-corrected chi connectivity index (χ4v) is 3.20. The lowest BCUT2D eigenvalue weighted by Gasteiger charge is -2.16. The molecule has 1 atom stereocenters. The molecular formula is C21H34IN3O2. The van der Waals surface area contributed by atoms with Gasteiger partial charge in [0, 0.05) is 25.1 Å². The highest BCUT2D eigenvalue weighted by Gasteiger charge is 2.20. The molecule has 3 rings (SSSR count). The number of ether oxygens (including phenoxy) is 2. The van der Waals surface area contributed by atoms with Gasteiger partial charge in [0.1, 0.15) is 11.9 Å². The summed E-state index contributed by atoms with van der Waals surface area (Å²) in [5.74, 6) is 2.82. The first-order chi connectivity index (χ1) is 12.7. The lowest BCUT2D eigenvalue weighted by molar-refractivity contribution is 0.140. The average molecular weight is 487 g/mol. The highest BCUT2D eigenvalue weighted by atomic mass is 127. The van der Waals surface area contributed by atoms with E-state index in [1.54, 1.807) is 0 Å². The number of nitrogens with one attached hydrogen (secondary N) is 2. The fourth-order valence-electron chi connectivity index (χ4n) is 3.20. The van der Waals surface area contributed by atoms with Crippen molar-refractivity contribution in [1.29, 1.82) is 0 Å². The van der Waals surface area contributed by atoms with Gasteiger partial charge in [-0.05, 0) is 44.2 Å². The van der Waals surface area contributed by atoms with Crippen LogP contribution >= 0.6 is 24.0 Å². The van der Waals surface area contributed by atoms with Crippen molar-refractivity contribution in [3.8, 4) is 5.75 Å². The Morgan fingerprint density at radius 2 is 2.11 bits per heavy atom. The number of rotatable bonds is 9. The first kappa shape index (κ1) is 22.3. The molecule has 0 aromatic heterocycles. The lowest BCUT2D eigenvalue weighted by atomic mass is 10.1. The van der Waals surface area contributed by atoms with Gasteiger partial charge in [0.15, 0.2) is 5.96 Å². The number of hydrogen-bond acceptors (Lipinski definition) is 3. The van der Waals surface area contributed by atoms with Crippen LogP contribution in [0.15, 0.2) is 23.2 Å². The standard InChI is InChI=1S/C21H33N3O2.HI/c1-3-22-21(23-11-4-5-17-7-8-17)24-14-18-9-6-16(2)13-20(18)26-19-10-12-25-15-19;/h6,9,13,17,19H,3-5,7-8,10-12,14-15H2,1-2H3,(H2,22,23,24);1H. The first-order valence-corrected chi connectivity index (χ1v) is 10.1. The van der Waals surface area contributed by atoms with Gasteiger partial charge in [0.2, 0.25) is 0 Å². The van der Waals surface area contributed by atoms with Gasteiger partial charge in [-0.1, -0.05) is 25.0 Å². The molecule has 2 aliphatic rings. The molecule has 0 spiro atoms. The summed E-state index contributed by atoms with van der Waals surface area (Å²) in [6, 6.07) is 6.36. The number of guanidine groups is 1. The second-order valence-corrected chi connectivity index (χ2v) is 7.42. The molecule has 152 valence electrons. The highest BCUT2D eigenvalue weighted by molar-refractivity contribution is 14.0. The van der Waals surface area contributed by atoms with E-state index in [2.05, 4.69) is 42.7 Å². The fraction of sp³-hybridized carbons (Fsp3) is 0.667. The number of halogens is 1. The van der Waals surface area contributed by atoms with Crippen molar-refractivity contribution in [2.45, 2.75) is 58.6 Å². The Balaban J connectivity index is 0.00000261. The Morgan fingerprint density at radius 3 is 2.81 bits per heavy atom. The molecule has 1 saturated heterocycles. The topological polar surface area (TPSA) is 54.9 Å². The van der Waals surface area contributed by atoms with Gasteiger partial charge in [-0.15, -0.1) is 24.0 Å². The molecule has 1 aliphatic heterocycles. The smallest absolute Gasteiger partial charge is 0.191 e. The van der Waals surface area contributed by atoms with Gasteiger partial charge in [-0.3, -0.25) is 0 Å². The van der Waals surface area contributed by atoms with Crippen LogP contribution in [0.5, 0.6) is 5.75 Å². The van der Waals surface area contributed by atoms with E-state index in [1.807, 2.05) is 0 Å². The molecule has 0 radical (unpaired) electrons. The van der Waals surface area contributed by atoms with Crippen molar-refractivity contribution in [3.63, 3.8) is 0 Å². The molecule has 1 aromatic carbocycles. The molecule has 0 bridgehead atoms. The summed E-state index contributed by atoms with van der Waals surface area (Å²) in [6.07, 6.45) is 6.53. The first-order valence-electron chi connectivity index (χ1n) is 10.1. The molecule has 27 heavy (non-hydrogen) atoms. The highest BCUT2D eigenvalue weighted by Crippen LogP contribution is 2.33. The summed E-state index contributed by atoms with van der Waals surface area (Å²) in [5.41, 5.74) is 2.33. The van der Waals surface area contributed by atoms with Crippen LogP contribution < -0.4 is 15.4 Å². The van der Waals surface area contributed by atoms with Crippen LogP contribution in [-0.2, 0) is 11.3 Å². The number of benzene rings is 1. The molecule has 1 heterocycles. The maximum Gasteiger partial charge on any atom is 0.191 e. The molecular weight excluding hydrogens is 453 g/mol. The molecule has 1 saturated carbocycles. The summed E-state index contributed by atoms with van der Waals surface area (Å²) in [4.78, 5) is 4.76. The SMILES string of the molecule is CCNC(=NCc1ccc(C)cc1OC1CCOC1)NCCCC1CC1.I. The molecule has 1 aromatic rings. The predicted octanol–water partition coefficient (Wildman–Crippen LogP) is 4.03. The van der Waals surface area contributed by atoms with Crippen molar-refractivity contribution in [2.75, 3.05) is 26.3 Å². The minimum atomic E-state index is 0. The molecule has 6 heteroatoms. The number of hydrogen-bond donors (Lipinski definition) is 2. The van der Waals surface area contributed by atoms with E-state index < -0.39 is 0 Å². The number of aryl methyl sites for hydroxylation is 1. The molecule has 2 N–H and O–H groups in total. The van der Waals surface area contributed by atoms with Crippen LogP contribution in [-0.4, -0.2) is 38.4 Å². The van der Waals surface area contributed by atoms with Crippen molar-refractivity contribution in [2.24, 2.45) is 10.9 Å². The Morgan fingerprint density at radius 1 is 1.26 bits per heavy atom. The van der Waals surface area contributed by atoms with E-state index in [4.69, 9.17) is 14.5 Å². The summed E-state index contributed by atoms with van der Waals surface area (Å²) in [5, 5.41) is 6.79. The summed E-state index contributed by atoms with van der Waals surface area (Å²) in [6.45, 7) is 8.13. The lowest BCUT2D eigenvalue weighted by Crippen LogP contribution is -2.37. The van der Waals surface area contributed by atoms with Gasteiger partial charge in [0.05, 0.1) is 19.8 Å². The summed E-state index contributed by atoms with van der Waals surface area (Å²) in [7, 11) is 0. The quantitative estimate of drug-likeness (QED) is 0.239. The Hall–Kier alpha value is -1.02. The third kappa shape index (κ3) is 7.86. The zero-order valence-electron chi connectivity index (χ0n) is 16.6. The number of nitrogens with zero attached hydrogens (tertiary/aromatic N) is 1. The molecule has 2 fully saturated rings. The van der Waals surface area contributed by atoms with E-state index in [-0.39, 0.29) is 30.1 Å². The van der Waals surface area contributed by atoms with Gasteiger partial charge in [-0.2, -0.15) is 0 Å². The molecule has 0 amide bonds. The maximum absolute atomic E-state index is 6.18. The van der Waals surface area contributed by atoms with Crippen LogP contribution in [0.25, 0.3) is 0 Å². The zero-order chi connectivity index (χ0) is 18.2. The second kappa shape index (κ2) is 11.7. The Kier molecular flexibility index (Phi) is 9.68. The van der Waals surface area contributed by atoms with Gasteiger partial charge in [-0.25, -0.2) is 4.99 Å². The van der Waals surface area contributed by atoms with E-state index in [0.29, 0.717) is 13.2 Å². The Bertz CT molecular complexity index is 599.